The minimum atomic E-state index is -1.13. The van der Waals surface area contributed by atoms with Crippen LogP contribution < -0.4 is 5.46 Å². The molecule has 0 unspecified atom stereocenters. The van der Waals surface area contributed by atoms with Crippen molar-refractivity contribution in [2.75, 3.05) is 13.2 Å². The Morgan fingerprint density at radius 1 is 0.958 bits per heavy atom. The number of aryl methyl sites for hydroxylation is 3. The molecule has 0 saturated carbocycles. The highest BCUT2D eigenvalue weighted by molar-refractivity contribution is 6.63. The molecule has 1 aromatic carbocycles. The summed E-state index contributed by atoms with van der Waals surface area (Å²) in [7, 11) is -0.811. The van der Waals surface area contributed by atoms with E-state index in [9.17, 15) is 9.59 Å². The van der Waals surface area contributed by atoms with E-state index in [4.69, 9.17) is 18.8 Å². The number of benzene rings is 1. The fraction of sp³-hybridized carbons (Fsp3) is 0.529. The van der Waals surface area contributed by atoms with Crippen LogP contribution in [0.1, 0.15) is 30.5 Å². The molecular weight excluding hydrogens is 311 g/mol. The number of ether oxygens (including phenoxy) is 2. The van der Waals surface area contributed by atoms with Crippen molar-refractivity contribution >= 4 is 24.5 Å². The van der Waals surface area contributed by atoms with Gasteiger partial charge in [-0.15, -0.1) is 0 Å². The maximum Gasteiger partial charge on any atom is 0.495 e. The fourth-order valence-corrected chi connectivity index (χ4v) is 2.95. The number of hydrogen-bond acceptors (Lipinski definition) is 6. The summed E-state index contributed by atoms with van der Waals surface area (Å²) in [6, 6.07) is 4.01. The van der Waals surface area contributed by atoms with Gasteiger partial charge in [0.15, 0.2) is 12.2 Å². The zero-order chi connectivity index (χ0) is 17.9. The van der Waals surface area contributed by atoms with Crippen molar-refractivity contribution < 1.29 is 28.4 Å². The van der Waals surface area contributed by atoms with Crippen molar-refractivity contribution in [3.8, 4) is 0 Å². The average molecular weight is 334 g/mol. The Morgan fingerprint density at radius 2 is 1.38 bits per heavy atom. The van der Waals surface area contributed by atoms with Gasteiger partial charge >= 0.3 is 19.1 Å². The molecule has 130 valence electrons. The van der Waals surface area contributed by atoms with E-state index in [0.29, 0.717) is 0 Å². The summed E-state index contributed by atoms with van der Waals surface area (Å²) in [4.78, 5) is 24.3. The topological polar surface area (TPSA) is 71.1 Å². The second-order valence-corrected chi connectivity index (χ2v) is 5.76. The van der Waals surface area contributed by atoms with Gasteiger partial charge in [-0.25, -0.2) is 9.59 Å². The standard InChI is InChI=1S/C17H23BO6/c1-6-21-16(19)14-15(17(20)22-7-2)24-18(23-14)13-11(4)8-10(3)9-12(13)5/h8-9,14-15H,6-7H2,1-5H3/t14-,15-/m1/s1. The van der Waals surface area contributed by atoms with Crippen LogP contribution in [0.3, 0.4) is 0 Å². The predicted octanol–water partition coefficient (Wildman–Crippen LogP) is 1.22. The highest BCUT2D eigenvalue weighted by Gasteiger charge is 2.50. The van der Waals surface area contributed by atoms with Crippen LogP contribution in [0.5, 0.6) is 0 Å². The largest absolute Gasteiger partial charge is 0.495 e. The Hall–Kier alpha value is -1.86. The number of carbonyl (C=O) groups excluding carboxylic acids is 2. The third-order valence-corrected chi connectivity index (χ3v) is 3.83. The van der Waals surface area contributed by atoms with Crippen LogP contribution in [0.25, 0.3) is 0 Å². The monoisotopic (exact) mass is 334 g/mol. The highest BCUT2D eigenvalue weighted by Crippen LogP contribution is 2.22. The quantitative estimate of drug-likeness (QED) is 0.596. The minimum Gasteiger partial charge on any atom is -0.464 e. The molecule has 1 aliphatic heterocycles. The van der Waals surface area contributed by atoms with E-state index in [2.05, 4.69) is 0 Å². The van der Waals surface area contributed by atoms with Crippen molar-refractivity contribution in [2.45, 2.75) is 46.8 Å². The van der Waals surface area contributed by atoms with E-state index in [1.807, 2.05) is 32.9 Å². The SMILES string of the molecule is CCOC(=O)[C@@H]1OB(c2c(C)cc(C)cc2C)O[C@H]1C(=O)OCC. The van der Waals surface area contributed by atoms with E-state index in [1.54, 1.807) is 13.8 Å². The summed E-state index contributed by atoms with van der Waals surface area (Å²) in [5, 5.41) is 0. The van der Waals surface area contributed by atoms with Gasteiger partial charge in [0.1, 0.15) is 0 Å². The zero-order valence-corrected chi connectivity index (χ0v) is 14.8. The lowest BCUT2D eigenvalue weighted by atomic mass is 9.73. The van der Waals surface area contributed by atoms with Crippen LogP contribution >= 0.6 is 0 Å². The predicted molar refractivity (Wildman–Crippen MR) is 89.1 cm³/mol. The highest BCUT2D eigenvalue weighted by atomic mass is 16.7. The molecular formula is C17H23BO6. The lowest BCUT2D eigenvalue weighted by Crippen LogP contribution is -2.39. The molecule has 0 spiro atoms. The molecule has 2 atom stereocenters. The Labute approximate surface area is 142 Å². The number of rotatable bonds is 5. The van der Waals surface area contributed by atoms with Crippen molar-refractivity contribution in [3.63, 3.8) is 0 Å². The molecule has 1 aromatic rings. The first-order chi connectivity index (χ1) is 11.4. The van der Waals surface area contributed by atoms with Crippen LogP contribution in [0.15, 0.2) is 12.1 Å². The summed E-state index contributed by atoms with van der Waals surface area (Å²) in [5.41, 5.74) is 3.89. The summed E-state index contributed by atoms with van der Waals surface area (Å²) in [5.74, 6) is -1.25. The van der Waals surface area contributed by atoms with Gasteiger partial charge in [0.2, 0.25) is 0 Å². The fourth-order valence-electron chi connectivity index (χ4n) is 2.95. The molecule has 0 amide bonds. The molecule has 7 heteroatoms. The lowest BCUT2D eigenvalue weighted by Gasteiger charge is -2.15. The second kappa shape index (κ2) is 7.81. The first-order valence-corrected chi connectivity index (χ1v) is 8.10. The summed E-state index contributed by atoms with van der Waals surface area (Å²) in [6.07, 6.45) is -2.26. The van der Waals surface area contributed by atoms with E-state index < -0.39 is 31.3 Å². The molecule has 0 aliphatic carbocycles. The van der Waals surface area contributed by atoms with Crippen LogP contribution in [-0.4, -0.2) is 44.5 Å². The first kappa shape index (κ1) is 18.5. The van der Waals surface area contributed by atoms with Crippen molar-refractivity contribution in [1.29, 1.82) is 0 Å². The molecule has 2 rings (SSSR count). The van der Waals surface area contributed by atoms with Crippen LogP contribution in [0.2, 0.25) is 0 Å². The van der Waals surface area contributed by atoms with Gasteiger partial charge in [0, 0.05) is 0 Å². The Balaban J connectivity index is 2.31. The van der Waals surface area contributed by atoms with Gasteiger partial charge in [-0.1, -0.05) is 28.8 Å². The van der Waals surface area contributed by atoms with Gasteiger partial charge in [0.25, 0.3) is 0 Å². The van der Waals surface area contributed by atoms with E-state index in [1.165, 1.54) is 0 Å². The molecule has 1 aliphatic rings. The Bertz CT molecular complexity index is 581. The van der Waals surface area contributed by atoms with Crippen molar-refractivity contribution in [3.05, 3.63) is 28.8 Å². The molecule has 1 heterocycles. The molecule has 0 radical (unpaired) electrons. The van der Waals surface area contributed by atoms with E-state index in [-0.39, 0.29) is 13.2 Å². The Kier molecular flexibility index (Phi) is 6.02. The zero-order valence-electron chi connectivity index (χ0n) is 14.8. The van der Waals surface area contributed by atoms with Crippen LogP contribution in [0, 0.1) is 20.8 Å². The van der Waals surface area contributed by atoms with Gasteiger partial charge in [-0.05, 0) is 40.1 Å². The molecule has 24 heavy (non-hydrogen) atoms. The summed E-state index contributed by atoms with van der Waals surface area (Å²) in [6.45, 7) is 9.67. The minimum absolute atomic E-state index is 0.196. The molecule has 0 N–H and O–H groups in total. The molecule has 6 nitrogen and oxygen atoms in total. The number of hydrogen-bond donors (Lipinski definition) is 0. The Morgan fingerprint density at radius 3 is 1.75 bits per heavy atom. The smallest absolute Gasteiger partial charge is 0.464 e. The number of esters is 2. The van der Waals surface area contributed by atoms with Gasteiger partial charge < -0.3 is 18.8 Å². The lowest BCUT2D eigenvalue weighted by molar-refractivity contribution is -0.163. The van der Waals surface area contributed by atoms with E-state index >= 15 is 0 Å². The third kappa shape index (κ3) is 3.79. The second-order valence-electron chi connectivity index (χ2n) is 5.76. The van der Waals surface area contributed by atoms with Gasteiger partial charge in [-0.3, -0.25) is 0 Å². The molecule has 1 fully saturated rings. The maximum absolute atomic E-state index is 12.1. The first-order valence-electron chi connectivity index (χ1n) is 8.10. The van der Waals surface area contributed by atoms with Crippen molar-refractivity contribution in [2.24, 2.45) is 0 Å². The van der Waals surface area contributed by atoms with Crippen LogP contribution in [0.4, 0.5) is 0 Å². The van der Waals surface area contributed by atoms with Gasteiger partial charge in [0.05, 0.1) is 13.2 Å². The normalized spacial score (nSPS) is 20.1. The molecule has 1 saturated heterocycles. The van der Waals surface area contributed by atoms with E-state index in [0.717, 1.165) is 22.2 Å². The number of carbonyl (C=O) groups is 2. The molecule has 0 bridgehead atoms. The molecule has 0 aromatic heterocycles. The summed E-state index contributed by atoms with van der Waals surface area (Å²) < 4.78 is 21.5. The maximum atomic E-state index is 12.1. The summed E-state index contributed by atoms with van der Waals surface area (Å²) >= 11 is 0. The van der Waals surface area contributed by atoms with Crippen LogP contribution in [-0.2, 0) is 28.4 Å². The van der Waals surface area contributed by atoms with Crippen molar-refractivity contribution in [1.82, 2.24) is 0 Å². The average Bonchev–Trinajstić information content (AvgIpc) is 2.91. The van der Waals surface area contributed by atoms with Gasteiger partial charge in [-0.2, -0.15) is 0 Å². The third-order valence-electron chi connectivity index (χ3n) is 3.83.